The van der Waals surface area contributed by atoms with Crippen LogP contribution in [0.2, 0.25) is 0 Å². The average molecular weight is 532 g/mol. The SMILES string of the molecule is C=CCn1c(CSc2ccc(C)cc2)nnc1SC(C)C(=O)Nc1ccc(S(=O)(=O)N(C)C)cc1. The maximum absolute atomic E-state index is 12.8. The van der Waals surface area contributed by atoms with Crippen LogP contribution in [0.4, 0.5) is 5.69 Å². The molecule has 0 saturated heterocycles. The summed E-state index contributed by atoms with van der Waals surface area (Å²) >= 11 is 2.99. The fourth-order valence-corrected chi connectivity index (χ4v) is 5.60. The van der Waals surface area contributed by atoms with Gasteiger partial charge in [0.1, 0.15) is 5.82 Å². The summed E-state index contributed by atoms with van der Waals surface area (Å²) in [6, 6.07) is 14.4. The number of rotatable bonds is 11. The van der Waals surface area contributed by atoms with Gasteiger partial charge in [-0.15, -0.1) is 28.5 Å². The molecule has 3 rings (SSSR count). The Balaban J connectivity index is 1.65. The van der Waals surface area contributed by atoms with E-state index in [2.05, 4.69) is 53.3 Å². The minimum absolute atomic E-state index is 0.163. The number of benzene rings is 2. The molecule has 0 fully saturated rings. The standard InChI is InChI=1S/C24H29N5O3S3/c1-6-15-29-22(16-33-20-11-7-17(2)8-12-20)26-27-24(29)34-18(3)23(30)25-19-9-13-21(14-10-19)35(31,32)28(4)5/h6-14,18H,1,15-16H2,2-5H3,(H,25,30). The molecule has 8 nitrogen and oxygen atoms in total. The first-order valence-corrected chi connectivity index (χ1v) is 14.1. The number of allylic oxidation sites excluding steroid dienone is 1. The van der Waals surface area contributed by atoms with Crippen molar-refractivity contribution >= 4 is 45.1 Å². The minimum atomic E-state index is -3.52. The van der Waals surface area contributed by atoms with E-state index in [1.165, 1.54) is 43.6 Å². The van der Waals surface area contributed by atoms with Crippen LogP contribution in [-0.2, 0) is 27.1 Å². The van der Waals surface area contributed by atoms with E-state index in [9.17, 15) is 13.2 Å². The molecule has 1 amide bonds. The predicted molar refractivity (Wildman–Crippen MR) is 142 cm³/mol. The van der Waals surface area contributed by atoms with Gasteiger partial charge in [-0.3, -0.25) is 4.79 Å². The van der Waals surface area contributed by atoms with Crippen molar-refractivity contribution in [1.29, 1.82) is 0 Å². The zero-order valence-electron chi connectivity index (χ0n) is 20.1. The van der Waals surface area contributed by atoms with E-state index in [0.717, 1.165) is 15.0 Å². The Morgan fingerprint density at radius 3 is 2.40 bits per heavy atom. The van der Waals surface area contributed by atoms with Crippen LogP contribution >= 0.6 is 23.5 Å². The molecule has 186 valence electrons. The normalized spacial score (nSPS) is 12.5. The largest absolute Gasteiger partial charge is 0.325 e. The summed E-state index contributed by atoms with van der Waals surface area (Å²) in [5, 5.41) is 11.7. The Labute approximate surface area is 215 Å². The van der Waals surface area contributed by atoms with Gasteiger partial charge in [-0.05, 0) is 50.2 Å². The molecular formula is C24H29N5O3S3. The van der Waals surface area contributed by atoms with E-state index < -0.39 is 15.3 Å². The second-order valence-corrected chi connectivity index (χ2v) is 12.5. The number of hydrogen-bond donors (Lipinski definition) is 1. The summed E-state index contributed by atoms with van der Waals surface area (Å²) in [7, 11) is -0.575. The molecule has 2 aromatic carbocycles. The first kappa shape index (κ1) is 27.0. The lowest BCUT2D eigenvalue weighted by Gasteiger charge is -2.14. The first-order chi connectivity index (χ1) is 16.6. The smallest absolute Gasteiger partial charge is 0.242 e. The molecule has 1 heterocycles. The summed E-state index contributed by atoms with van der Waals surface area (Å²) in [5.41, 5.74) is 1.73. The van der Waals surface area contributed by atoms with Crippen molar-refractivity contribution in [2.45, 2.75) is 46.3 Å². The Bertz CT molecular complexity index is 1270. The van der Waals surface area contributed by atoms with Crippen molar-refractivity contribution in [3.63, 3.8) is 0 Å². The van der Waals surface area contributed by atoms with Crippen LogP contribution in [0.5, 0.6) is 0 Å². The first-order valence-electron chi connectivity index (χ1n) is 10.8. The molecule has 0 radical (unpaired) electrons. The summed E-state index contributed by atoms with van der Waals surface area (Å²) in [5.74, 6) is 1.23. The molecule has 0 saturated carbocycles. The summed E-state index contributed by atoms with van der Waals surface area (Å²) in [4.78, 5) is 14.1. The fourth-order valence-electron chi connectivity index (χ4n) is 2.98. The second-order valence-electron chi connectivity index (χ2n) is 7.96. The lowest BCUT2D eigenvalue weighted by Crippen LogP contribution is -2.23. The Kier molecular flexibility index (Phi) is 9.17. The number of nitrogens with one attached hydrogen (secondary N) is 1. The maximum Gasteiger partial charge on any atom is 0.242 e. The molecule has 1 atom stereocenters. The Morgan fingerprint density at radius 1 is 1.14 bits per heavy atom. The van der Waals surface area contributed by atoms with E-state index in [-0.39, 0.29) is 10.8 Å². The van der Waals surface area contributed by atoms with Gasteiger partial charge in [0.2, 0.25) is 15.9 Å². The summed E-state index contributed by atoms with van der Waals surface area (Å²) < 4.78 is 27.5. The number of nitrogens with zero attached hydrogens (tertiary/aromatic N) is 4. The molecule has 35 heavy (non-hydrogen) atoms. The monoisotopic (exact) mass is 531 g/mol. The van der Waals surface area contributed by atoms with E-state index >= 15 is 0 Å². The van der Waals surface area contributed by atoms with E-state index in [1.807, 2.05) is 4.57 Å². The van der Waals surface area contributed by atoms with Crippen LogP contribution in [0, 0.1) is 6.92 Å². The molecule has 3 aromatic rings. The van der Waals surface area contributed by atoms with Gasteiger partial charge in [0.05, 0.1) is 15.9 Å². The van der Waals surface area contributed by atoms with Crippen LogP contribution in [0.15, 0.2) is 76.1 Å². The Hall–Kier alpha value is -2.60. The molecule has 0 bridgehead atoms. The quantitative estimate of drug-likeness (QED) is 0.289. The minimum Gasteiger partial charge on any atom is -0.325 e. The zero-order chi connectivity index (χ0) is 25.6. The third kappa shape index (κ3) is 6.97. The van der Waals surface area contributed by atoms with Gasteiger partial charge in [0.15, 0.2) is 5.16 Å². The van der Waals surface area contributed by atoms with Crippen LogP contribution in [0.1, 0.15) is 18.3 Å². The molecule has 1 N–H and O–H groups in total. The predicted octanol–water partition coefficient (Wildman–Crippen LogP) is 4.43. The van der Waals surface area contributed by atoms with Crippen LogP contribution < -0.4 is 5.32 Å². The van der Waals surface area contributed by atoms with Gasteiger partial charge < -0.3 is 9.88 Å². The number of sulfonamides is 1. The molecule has 1 aromatic heterocycles. The number of carbonyl (C=O) groups is 1. The van der Waals surface area contributed by atoms with E-state index in [1.54, 1.807) is 36.9 Å². The van der Waals surface area contributed by atoms with Crippen molar-refractivity contribution in [3.05, 3.63) is 72.6 Å². The molecule has 0 aliphatic heterocycles. The average Bonchev–Trinajstić information content (AvgIpc) is 3.20. The lowest BCUT2D eigenvalue weighted by atomic mass is 10.2. The molecular weight excluding hydrogens is 502 g/mol. The molecule has 0 aliphatic rings. The lowest BCUT2D eigenvalue weighted by molar-refractivity contribution is -0.115. The summed E-state index contributed by atoms with van der Waals surface area (Å²) in [6.45, 7) is 8.22. The third-order valence-electron chi connectivity index (χ3n) is 5.05. The van der Waals surface area contributed by atoms with Crippen LogP contribution in [0.25, 0.3) is 0 Å². The Morgan fingerprint density at radius 2 is 1.80 bits per heavy atom. The summed E-state index contributed by atoms with van der Waals surface area (Å²) in [6.07, 6.45) is 1.78. The fraction of sp³-hybridized carbons (Fsp3) is 0.292. The molecule has 0 spiro atoms. The van der Waals surface area contributed by atoms with Crippen molar-refractivity contribution in [2.75, 3.05) is 19.4 Å². The van der Waals surface area contributed by atoms with Crippen LogP contribution in [-0.4, -0.2) is 52.7 Å². The van der Waals surface area contributed by atoms with Gasteiger partial charge in [-0.25, -0.2) is 12.7 Å². The van der Waals surface area contributed by atoms with Gasteiger partial charge in [0, 0.05) is 31.2 Å². The van der Waals surface area contributed by atoms with Crippen LogP contribution in [0.3, 0.4) is 0 Å². The highest BCUT2D eigenvalue weighted by Crippen LogP contribution is 2.27. The van der Waals surface area contributed by atoms with Gasteiger partial charge in [-0.2, -0.15) is 0 Å². The molecule has 11 heteroatoms. The van der Waals surface area contributed by atoms with Crippen molar-refractivity contribution in [2.24, 2.45) is 0 Å². The second kappa shape index (κ2) is 11.9. The van der Waals surface area contributed by atoms with E-state index in [0.29, 0.717) is 23.1 Å². The third-order valence-corrected chi connectivity index (χ3v) is 8.96. The zero-order valence-corrected chi connectivity index (χ0v) is 22.6. The van der Waals surface area contributed by atoms with Gasteiger partial charge >= 0.3 is 0 Å². The molecule has 1 unspecified atom stereocenters. The topological polar surface area (TPSA) is 97.2 Å². The highest BCUT2D eigenvalue weighted by atomic mass is 32.2. The number of aromatic nitrogens is 3. The number of hydrogen-bond acceptors (Lipinski definition) is 7. The van der Waals surface area contributed by atoms with Gasteiger partial charge in [-0.1, -0.05) is 35.5 Å². The van der Waals surface area contributed by atoms with E-state index in [4.69, 9.17) is 0 Å². The number of amides is 1. The highest BCUT2D eigenvalue weighted by molar-refractivity contribution is 8.00. The van der Waals surface area contributed by atoms with Crippen molar-refractivity contribution in [3.8, 4) is 0 Å². The maximum atomic E-state index is 12.8. The number of aryl methyl sites for hydroxylation is 1. The van der Waals surface area contributed by atoms with Crippen molar-refractivity contribution < 1.29 is 13.2 Å². The highest BCUT2D eigenvalue weighted by Gasteiger charge is 2.21. The van der Waals surface area contributed by atoms with Crippen molar-refractivity contribution in [1.82, 2.24) is 19.1 Å². The number of thioether (sulfide) groups is 2. The number of anilines is 1. The molecule has 0 aliphatic carbocycles. The number of carbonyl (C=O) groups excluding carboxylic acids is 1. The van der Waals surface area contributed by atoms with Gasteiger partial charge in [0.25, 0.3) is 0 Å².